The average molecular weight is 254 g/mol. The lowest BCUT2D eigenvalue weighted by molar-refractivity contribution is -0.135. The highest BCUT2D eigenvalue weighted by Gasteiger charge is 2.35. The number of hydrogen-bond acceptors (Lipinski definition) is 4. The van der Waals surface area contributed by atoms with E-state index in [2.05, 4.69) is 10.6 Å². The molecule has 2 saturated heterocycles. The van der Waals surface area contributed by atoms with Gasteiger partial charge in [-0.1, -0.05) is 0 Å². The monoisotopic (exact) mass is 254 g/mol. The Morgan fingerprint density at radius 2 is 2.22 bits per heavy atom. The Morgan fingerprint density at radius 1 is 1.44 bits per heavy atom. The van der Waals surface area contributed by atoms with Gasteiger partial charge in [0.15, 0.2) is 0 Å². The quantitative estimate of drug-likeness (QED) is 0.536. The molecule has 2 aliphatic rings. The van der Waals surface area contributed by atoms with E-state index in [4.69, 9.17) is 5.73 Å². The number of nitrogens with two attached hydrogens (primary N) is 1. The van der Waals surface area contributed by atoms with Gasteiger partial charge in [-0.2, -0.15) is 0 Å². The SMILES string of the molecule is NC(=O)CN1CCC(NC(=O)[C@H]2CCCN2)C1=O. The Bertz CT molecular complexity index is 365. The van der Waals surface area contributed by atoms with Gasteiger partial charge in [0.2, 0.25) is 17.7 Å². The fourth-order valence-corrected chi connectivity index (χ4v) is 2.40. The topological polar surface area (TPSA) is 105 Å². The molecule has 2 atom stereocenters. The van der Waals surface area contributed by atoms with Crippen LogP contribution in [0.5, 0.6) is 0 Å². The van der Waals surface area contributed by atoms with Crippen LogP contribution in [0, 0.1) is 0 Å². The predicted molar refractivity (Wildman–Crippen MR) is 63.3 cm³/mol. The summed E-state index contributed by atoms with van der Waals surface area (Å²) in [6, 6.07) is -0.706. The predicted octanol–water partition coefficient (Wildman–Crippen LogP) is -2.06. The third kappa shape index (κ3) is 2.79. The van der Waals surface area contributed by atoms with E-state index in [1.165, 1.54) is 4.90 Å². The fraction of sp³-hybridized carbons (Fsp3) is 0.727. The smallest absolute Gasteiger partial charge is 0.245 e. The summed E-state index contributed by atoms with van der Waals surface area (Å²) in [6.07, 6.45) is 2.31. The number of nitrogens with one attached hydrogen (secondary N) is 2. The number of likely N-dealkylation sites (tertiary alicyclic amines) is 1. The zero-order valence-electron chi connectivity index (χ0n) is 10.1. The molecule has 2 heterocycles. The van der Waals surface area contributed by atoms with Gasteiger partial charge in [-0.15, -0.1) is 0 Å². The van der Waals surface area contributed by atoms with Crippen LogP contribution in [0.15, 0.2) is 0 Å². The van der Waals surface area contributed by atoms with Crippen LogP contribution in [0.4, 0.5) is 0 Å². The third-order valence-electron chi connectivity index (χ3n) is 3.34. The van der Waals surface area contributed by atoms with Crippen LogP contribution in [-0.4, -0.2) is 54.3 Å². The highest BCUT2D eigenvalue weighted by atomic mass is 16.2. The molecule has 7 heteroatoms. The van der Waals surface area contributed by atoms with Crippen LogP contribution < -0.4 is 16.4 Å². The van der Waals surface area contributed by atoms with Crippen LogP contribution in [0.2, 0.25) is 0 Å². The summed E-state index contributed by atoms with van der Waals surface area (Å²) in [6.45, 7) is 1.22. The van der Waals surface area contributed by atoms with E-state index < -0.39 is 11.9 Å². The van der Waals surface area contributed by atoms with Gasteiger partial charge < -0.3 is 21.3 Å². The summed E-state index contributed by atoms with van der Waals surface area (Å²) in [4.78, 5) is 35.9. The molecule has 0 radical (unpaired) electrons. The van der Waals surface area contributed by atoms with E-state index >= 15 is 0 Å². The van der Waals surface area contributed by atoms with E-state index in [1.54, 1.807) is 0 Å². The largest absolute Gasteiger partial charge is 0.368 e. The number of rotatable bonds is 4. The van der Waals surface area contributed by atoms with Gasteiger partial charge in [0.1, 0.15) is 6.04 Å². The van der Waals surface area contributed by atoms with Gasteiger partial charge in [0.25, 0.3) is 0 Å². The summed E-state index contributed by atoms with van der Waals surface area (Å²) in [7, 11) is 0. The number of carbonyl (C=O) groups excluding carboxylic acids is 3. The van der Waals surface area contributed by atoms with E-state index in [0.29, 0.717) is 13.0 Å². The van der Waals surface area contributed by atoms with E-state index in [0.717, 1.165) is 19.4 Å². The van der Waals surface area contributed by atoms with Crippen molar-refractivity contribution in [2.75, 3.05) is 19.6 Å². The Labute approximate surface area is 105 Å². The van der Waals surface area contributed by atoms with Crippen molar-refractivity contribution >= 4 is 17.7 Å². The number of carbonyl (C=O) groups is 3. The normalized spacial score (nSPS) is 27.6. The molecule has 0 aromatic heterocycles. The Balaban J connectivity index is 1.85. The zero-order valence-corrected chi connectivity index (χ0v) is 10.1. The van der Waals surface area contributed by atoms with Gasteiger partial charge in [-0.25, -0.2) is 0 Å². The van der Waals surface area contributed by atoms with Crippen molar-refractivity contribution in [1.29, 1.82) is 0 Å². The highest BCUT2D eigenvalue weighted by Crippen LogP contribution is 2.12. The first-order chi connectivity index (χ1) is 8.58. The Hall–Kier alpha value is -1.63. The minimum atomic E-state index is -0.534. The van der Waals surface area contributed by atoms with Crippen LogP contribution in [0.3, 0.4) is 0 Å². The van der Waals surface area contributed by atoms with Crippen molar-refractivity contribution in [2.45, 2.75) is 31.3 Å². The van der Waals surface area contributed by atoms with Gasteiger partial charge in [0.05, 0.1) is 12.6 Å². The molecule has 18 heavy (non-hydrogen) atoms. The molecule has 4 N–H and O–H groups in total. The Morgan fingerprint density at radius 3 is 2.83 bits per heavy atom. The first-order valence-corrected chi connectivity index (χ1v) is 6.19. The summed E-state index contributed by atoms with van der Waals surface area (Å²) in [5, 5.41) is 5.81. The van der Waals surface area contributed by atoms with Gasteiger partial charge in [-0.05, 0) is 25.8 Å². The van der Waals surface area contributed by atoms with E-state index in [1.807, 2.05) is 0 Å². The van der Waals surface area contributed by atoms with Crippen LogP contribution >= 0.6 is 0 Å². The molecule has 0 spiro atoms. The van der Waals surface area contributed by atoms with E-state index in [9.17, 15) is 14.4 Å². The molecule has 7 nitrogen and oxygen atoms in total. The first-order valence-electron chi connectivity index (χ1n) is 6.19. The maximum absolute atomic E-state index is 11.9. The lowest BCUT2D eigenvalue weighted by Crippen LogP contribution is -2.48. The minimum absolute atomic E-state index is 0.0765. The molecule has 2 aliphatic heterocycles. The number of amides is 3. The molecule has 0 saturated carbocycles. The number of nitrogens with zero attached hydrogens (tertiary/aromatic N) is 1. The van der Waals surface area contributed by atoms with Gasteiger partial charge in [0, 0.05) is 6.54 Å². The van der Waals surface area contributed by atoms with Crippen molar-refractivity contribution in [2.24, 2.45) is 5.73 Å². The van der Waals surface area contributed by atoms with Crippen molar-refractivity contribution in [3.63, 3.8) is 0 Å². The molecule has 3 amide bonds. The maximum Gasteiger partial charge on any atom is 0.245 e. The molecule has 0 bridgehead atoms. The Kier molecular flexibility index (Phi) is 3.81. The maximum atomic E-state index is 11.9. The van der Waals surface area contributed by atoms with Crippen molar-refractivity contribution in [3.8, 4) is 0 Å². The van der Waals surface area contributed by atoms with Crippen molar-refractivity contribution in [3.05, 3.63) is 0 Å². The van der Waals surface area contributed by atoms with Gasteiger partial charge >= 0.3 is 0 Å². The summed E-state index contributed by atoms with van der Waals surface area (Å²) in [5.74, 6) is -0.889. The molecule has 2 fully saturated rings. The van der Waals surface area contributed by atoms with Crippen LogP contribution in [0.1, 0.15) is 19.3 Å². The highest BCUT2D eigenvalue weighted by molar-refractivity contribution is 5.93. The van der Waals surface area contributed by atoms with Crippen molar-refractivity contribution < 1.29 is 14.4 Å². The molecule has 0 aromatic carbocycles. The fourth-order valence-electron chi connectivity index (χ4n) is 2.40. The molecule has 1 unspecified atom stereocenters. The third-order valence-corrected chi connectivity index (χ3v) is 3.34. The molecular weight excluding hydrogens is 236 g/mol. The molecule has 100 valence electrons. The average Bonchev–Trinajstić information content (AvgIpc) is 2.93. The summed E-state index contributed by atoms with van der Waals surface area (Å²) >= 11 is 0. The summed E-state index contributed by atoms with van der Waals surface area (Å²) in [5.41, 5.74) is 5.05. The standard InChI is InChI=1S/C11H18N4O3/c12-9(16)6-15-5-3-8(11(15)18)14-10(17)7-2-1-4-13-7/h7-8,13H,1-6H2,(H2,12,16)(H,14,17)/t7-,8?/m1/s1. The van der Waals surface area contributed by atoms with Gasteiger partial charge in [-0.3, -0.25) is 14.4 Å². The van der Waals surface area contributed by atoms with E-state index in [-0.39, 0.29) is 24.4 Å². The first kappa shape index (κ1) is 12.8. The van der Waals surface area contributed by atoms with Crippen molar-refractivity contribution in [1.82, 2.24) is 15.5 Å². The second-order valence-electron chi connectivity index (χ2n) is 4.72. The number of hydrogen-bond donors (Lipinski definition) is 3. The minimum Gasteiger partial charge on any atom is -0.368 e. The second-order valence-corrected chi connectivity index (χ2v) is 4.72. The zero-order chi connectivity index (χ0) is 13.1. The van der Waals surface area contributed by atoms with Crippen LogP contribution in [0.25, 0.3) is 0 Å². The lowest BCUT2D eigenvalue weighted by atomic mass is 10.2. The number of primary amides is 1. The van der Waals surface area contributed by atoms with Crippen LogP contribution in [-0.2, 0) is 14.4 Å². The molecule has 2 rings (SSSR count). The second kappa shape index (κ2) is 5.34. The molecular formula is C11H18N4O3. The molecule has 0 aliphatic carbocycles. The summed E-state index contributed by atoms with van der Waals surface area (Å²) < 4.78 is 0. The lowest BCUT2D eigenvalue weighted by Gasteiger charge is -2.17. The molecule has 0 aromatic rings.